The predicted molar refractivity (Wildman–Crippen MR) is 142 cm³/mol. The van der Waals surface area contributed by atoms with E-state index in [9.17, 15) is 14.4 Å². The highest BCUT2D eigenvalue weighted by Crippen LogP contribution is 2.55. The van der Waals surface area contributed by atoms with Gasteiger partial charge in [-0.2, -0.15) is 0 Å². The highest BCUT2D eigenvalue weighted by atomic mass is 35.5. The number of nitrogens with zero attached hydrogens (tertiary/aromatic N) is 2. The van der Waals surface area contributed by atoms with Crippen LogP contribution in [0.1, 0.15) is 43.2 Å². The fraction of sp³-hybridized carbons (Fsp3) is 0.448. The van der Waals surface area contributed by atoms with E-state index in [0.29, 0.717) is 10.7 Å². The van der Waals surface area contributed by atoms with E-state index in [-0.39, 0.29) is 30.3 Å². The van der Waals surface area contributed by atoms with Crippen molar-refractivity contribution < 1.29 is 19.1 Å². The lowest BCUT2D eigenvalue weighted by Crippen LogP contribution is -2.56. The Bertz CT molecular complexity index is 1290. The van der Waals surface area contributed by atoms with Crippen LogP contribution in [0.3, 0.4) is 0 Å². The summed E-state index contributed by atoms with van der Waals surface area (Å²) in [5.74, 6) is -2.39. The Morgan fingerprint density at radius 3 is 2.74 bits per heavy atom. The van der Waals surface area contributed by atoms with Crippen LogP contribution in [0, 0.1) is 18.8 Å². The number of hydrogen-bond acceptors (Lipinski definition) is 5. The Balaban J connectivity index is 1.32. The van der Waals surface area contributed by atoms with Crippen molar-refractivity contribution in [1.29, 1.82) is 0 Å². The first-order valence-corrected chi connectivity index (χ1v) is 13.7. The third kappa shape index (κ3) is 4.20. The number of carbonyl (C=O) groups excluding carboxylic acids is 3. The number of halogens is 1. The molecule has 4 aliphatic rings. The van der Waals surface area contributed by atoms with Crippen molar-refractivity contribution in [1.82, 2.24) is 15.2 Å². The molecule has 4 heterocycles. The normalized spacial score (nSPS) is 29.9. The minimum Gasteiger partial charge on any atom is -0.359 e. The molecule has 0 unspecified atom stereocenters. The van der Waals surface area contributed by atoms with Crippen LogP contribution < -0.4 is 10.6 Å². The molecule has 6 rings (SSSR count). The van der Waals surface area contributed by atoms with Crippen LogP contribution in [0.4, 0.5) is 5.69 Å². The molecule has 3 aliphatic heterocycles. The summed E-state index contributed by atoms with van der Waals surface area (Å²) < 4.78 is 6.42. The van der Waals surface area contributed by atoms with Gasteiger partial charge in [0, 0.05) is 35.7 Å². The summed E-state index contributed by atoms with van der Waals surface area (Å²) in [5.41, 5.74) is 1.06. The molecule has 1 aromatic carbocycles. The number of amides is 3. The first-order chi connectivity index (χ1) is 18.4. The van der Waals surface area contributed by atoms with E-state index in [1.165, 1.54) is 6.42 Å². The molecule has 1 spiro atoms. The van der Waals surface area contributed by atoms with Crippen LogP contribution in [0.15, 0.2) is 54.9 Å². The van der Waals surface area contributed by atoms with Crippen LogP contribution in [0.5, 0.6) is 0 Å². The lowest BCUT2D eigenvalue weighted by atomic mass is 9.74. The molecule has 9 heteroatoms. The van der Waals surface area contributed by atoms with Gasteiger partial charge in [0.2, 0.25) is 17.7 Å². The van der Waals surface area contributed by atoms with Gasteiger partial charge in [-0.15, -0.1) is 0 Å². The Labute approximate surface area is 226 Å². The fourth-order valence-electron chi connectivity index (χ4n) is 6.55. The average molecular weight is 535 g/mol. The first-order valence-electron chi connectivity index (χ1n) is 13.3. The van der Waals surface area contributed by atoms with Gasteiger partial charge in [0.05, 0.1) is 17.9 Å². The van der Waals surface area contributed by atoms with Gasteiger partial charge in [-0.3, -0.25) is 19.4 Å². The van der Waals surface area contributed by atoms with Gasteiger partial charge in [0.15, 0.2) is 0 Å². The summed E-state index contributed by atoms with van der Waals surface area (Å²) >= 11 is 6.26. The van der Waals surface area contributed by atoms with E-state index in [1.54, 1.807) is 35.5 Å². The Kier molecular flexibility index (Phi) is 6.48. The van der Waals surface area contributed by atoms with Gasteiger partial charge in [-0.1, -0.05) is 55.1 Å². The summed E-state index contributed by atoms with van der Waals surface area (Å²) in [7, 11) is 0. The number of aromatic nitrogens is 1. The zero-order valence-corrected chi connectivity index (χ0v) is 22.0. The molecule has 1 saturated carbocycles. The molecule has 2 N–H and O–H groups in total. The molecular weight excluding hydrogens is 504 g/mol. The first kappa shape index (κ1) is 25.1. The minimum atomic E-state index is -1.20. The van der Waals surface area contributed by atoms with Crippen LogP contribution in [-0.2, 0) is 25.7 Å². The minimum absolute atomic E-state index is 0.0787. The van der Waals surface area contributed by atoms with E-state index in [2.05, 4.69) is 15.6 Å². The number of carbonyl (C=O) groups is 3. The maximum atomic E-state index is 14.1. The maximum absolute atomic E-state index is 14.1. The number of anilines is 1. The third-order valence-corrected chi connectivity index (χ3v) is 8.80. The number of likely N-dealkylation sites (tertiary alicyclic amines) is 1. The molecule has 8 nitrogen and oxygen atoms in total. The van der Waals surface area contributed by atoms with Crippen molar-refractivity contribution in [2.75, 3.05) is 5.32 Å². The van der Waals surface area contributed by atoms with E-state index < -0.39 is 29.6 Å². The quantitative estimate of drug-likeness (QED) is 0.549. The number of pyridine rings is 1. The molecule has 198 valence electrons. The summed E-state index contributed by atoms with van der Waals surface area (Å²) in [4.78, 5) is 47.3. The second kappa shape index (κ2) is 9.82. The lowest BCUT2D eigenvalue weighted by Gasteiger charge is -2.34. The fourth-order valence-corrected chi connectivity index (χ4v) is 6.73. The molecule has 5 atom stereocenters. The van der Waals surface area contributed by atoms with Gasteiger partial charge < -0.3 is 20.3 Å². The zero-order valence-electron chi connectivity index (χ0n) is 21.2. The predicted octanol–water partition coefficient (Wildman–Crippen LogP) is 3.78. The number of fused-ring (bicyclic) bond motifs is 1. The number of benzene rings is 1. The van der Waals surface area contributed by atoms with Crippen LogP contribution >= 0.6 is 11.6 Å². The Hall–Kier alpha value is -3.23. The monoisotopic (exact) mass is 534 g/mol. The molecule has 2 saturated heterocycles. The van der Waals surface area contributed by atoms with Crippen molar-refractivity contribution in [2.45, 2.75) is 69.4 Å². The Morgan fingerprint density at radius 2 is 2.00 bits per heavy atom. The van der Waals surface area contributed by atoms with Crippen molar-refractivity contribution in [3.63, 3.8) is 0 Å². The van der Waals surface area contributed by atoms with E-state index in [1.807, 2.05) is 31.2 Å². The molecule has 2 aromatic rings. The molecule has 0 radical (unpaired) electrons. The number of ether oxygens (including phenoxy) is 1. The topological polar surface area (TPSA) is 101 Å². The van der Waals surface area contributed by atoms with Crippen LogP contribution in [-0.4, -0.2) is 51.4 Å². The molecule has 1 aliphatic carbocycles. The molecule has 3 fully saturated rings. The standard InChI is InChI=1S/C29H31ClN4O4/c1-17-9-10-20(14-21(17)30)33-26(35)23-22-11-12-29(38-22)24(23)28(37)34(16-18-6-5-13-31-15-18)25(29)27(36)32-19-7-3-2-4-8-19/h5-6,9-15,19,22-25H,2-4,7-8,16H2,1H3,(H,32,36)(H,33,35)/t22-,23-,24-,25-,29-/m1/s1. The second-order valence-electron chi connectivity index (χ2n) is 10.8. The maximum Gasteiger partial charge on any atom is 0.246 e. The number of rotatable bonds is 6. The van der Waals surface area contributed by atoms with Crippen LogP contribution in [0.25, 0.3) is 0 Å². The largest absolute Gasteiger partial charge is 0.359 e. The molecule has 1 aromatic heterocycles. The van der Waals surface area contributed by atoms with Gasteiger partial charge in [-0.25, -0.2) is 0 Å². The lowest BCUT2D eigenvalue weighted by molar-refractivity contribution is -0.142. The van der Waals surface area contributed by atoms with Gasteiger partial charge in [0.25, 0.3) is 0 Å². The summed E-state index contributed by atoms with van der Waals surface area (Å²) in [5, 5.41) is 6.67. The average Bonchev–Trinajstić information content (AvgIpc) is 3.55. The van der Waals surface area contributed by atoms with Crippen molar-refractivity contribution in [2.24, 2.45) is 11.8 Å². The second-order valence-corrected chi connectivity index (χ2v) is 11.2. The smallest absolute Gasteiger partial charge is 0.246 e. The Morgan fingerprint density at radius 1 is 1.18 bits per heavy atom. The summed E-state index contributed by atoms with van der Waals surface area (Å²) in [6, 6.07) is 8.19. The van der Waals surface area contributed by atoms with Crippen LogP contribution in [0.2, 0.25) is 5.02 Å². The molecule has 38 heavy (non-hydrogen) atoms. The molecule has 2 bridgehead atoms. The van der Waals surface area contributed by atoms with E-state index in [4.69, 9.17) is 16.3 Å². The SMILES string of the molecule is Cc1ccc(NC(=O)[C@@H]2[C@H]3C=C[C@@]4(O3)[C@H]2C(=O)N(Cc2cccnc2)[C@@H]4C(=O)NC2CCCCC2)cc1Cl. The van der Waals surface area contributed by atoms with Crippen molar-refractivity contribution >= 4 is 35.0 Å². The van der Waals surface area contributed by atoms with Gasteiger partial charge in [-0.05, 0) is 49.1 Å². The highest BCUT2D eigenvalue weighted by molar-refractivity contribution is 6.31. The highest BCUT2D eigenvalue weighted by Gasteiger charge is 2.72. The zero-order chi connectivity index (χ0) is 26.4. The summed E-state index contributed by atoms with van der Waals surface area (Å²) in [6.45, 7) is 2.09. The number of hydrogen-bond donors (Lipinski definition) is 2. The third-order valence-electron chi connectivity index (χ3n) is 8.39. The number of aryl methyl sites for hydroxylation is 1. The number of nitrogens with one attached hydrogen (secondary N) is 2. The molecular formula is C29H31ClN4O4. The van der Waals surface area contributed by atoms with Crippen molar-refractivity contribution in [3.05, 3.63) is 71.0 Å². The van der Waals surface area contributed by atoms with Crippen molar-refractivity contribution in [3.8, 4) is 0 Å². The van der Waals surface area contributed by atoms with Gasteiger partial charge in [0.1, 0.15) is 11.6 Å². The van der Waals surface area contributed by atoms with E-state index in [0.717, 1.165) is 36.8 Å². The van der Waals surface area contributed by atoms with E-state index >= 15 is 0 Å². The molecule has 3 amide bonds. The van der Waals surface area contributed by atoms with Gasteiger partial charge >= 0.3 is 0 Å². The summed E-state index contributed by atoms with van der Waals surface area (Å²) in [6.07, 6.45) is 11.6.